The van der Waals surface area contributed by atoms with Crippen LogP contribution in [-0.2, 0) is 7.05 Å². The third kappa shape index (κ3) is 5.38. The van der Waals surface area contributed by atoms with Gasteiger partial charge in [-0.2, -0.15) is 0 Å². The van der Waals surface area contributed by atoms with E-state index in [-0.39, 0.29) is 5.69 Å². The molecule has 148 valence electrons. The number of unbranched alkanes of at least 4 members (excludes halogenated alkanes) is 1. The second-order valence-corrected chi connectivity index (χ2v) is 6.91. The van der Waals surface area contributed by atoms with Crippen molar-refractivity contribution in [1.82, 2.24) is 4.57 Å². The minimum Gasteiger partial charge on any atom is -0.334 e. The second-order valence-electron chi connectivity index (χ2n) is 6.91. The molecule has 1 heterocycles. The van der Waals surface area contributed by atoms with Gasteiger partial charge in [0, 0.05) is 36.1 Å². The molecule has 1 aromatic heterocycles. The molecule has 0 spiro atoms. The van der Waals surface area contributed by atoms with Gasteiger partial charge in [-0.15, -0.1) is 0 Å². The lowest BCUT2D eigenvalue weighted by molar-refractivity contribution is 0.616. The molecular formula is C25H26FN3. The maximum Gasteiger partial charge on any atom is 0.154 e. The van der Waals surface area contributed by atoms with Gasteiger partial charge in [0.2, 0.25) is 0 Å². The Hall–Kier alpha value is -3.27. The summed E-state index contributed by atoms with van der Waals surface area (Å²) in [4.78, 5) is 9.22. The van der Waals surface area contributed by atoms with E-state index in [0.29, 0.717) is 5.49 Å². The molecule has 0 aliphatic carbocycles. The van der Waals surface area contributed by atoms with Crippen LogP contribution < -0.4 is 5.49 Å². The summed E-state index contributed by atoms with van der Waals surface area (Å²) in [6.07, 6.45) is 5.77. The van der Waals surface area contributed by atoms with E-state index in [1.54, 1.807) is 10.8 Å². The first-order valence-electron chi connectivity index (χ1n) is 9.85. The quantitative estimate of drug-likeness (QED) is 0.469. The molecule has 4 heteroatoms. The molecule has 0 radical (unpaired) electrons. The standard InChI is InChI=1S/C25H26FN3/c1-4-5-12-19(2)27-24-17-22(26)23(18-29(24)3)28-25(20-13-8-6-9-14-20)21-15-10-7-11-16-21/h6-18H,4-5H2,1-3H3/b19-12+,27-24?. The average molecular weight is 388 g/mol. The molecule has 3 aromatic rings. The zero-order valence-electron chi connectivity index (χ0n) is 17.1. The van der Waals surface area contributed by atoms with Crippen LogP contribution >= 0.6 is 0 Å². The number of pyridine rings is 1. The Morgan fingerprint density at radius 2 is 1.59 bits per heavy atom. The van der Waals surface area contributed by atoms with Crippen LogP contribution in [0.5, 0.6) is 0 Å². The first-order chi connectivity index (χ1) is 14.1. The van der Waals surface area contributed by atoms with Crippen LogP contribution in [0.3, 0.4) is 0 Å². The van der Waals surface area contributed by atoms with Gasteiger partial charge in [0.1, 0.15) is 11.2 Å². The van der Waals surface area contributed by atoms with Crippen molar-refractivity contribution in [3.8, 4) is 0 Å². The Bertz CT molecular complexity index is 1040. The molecule has 0 fully saturated rings. The van der Waals surface area contributed by atoms with Crippen LogP contribution in [0.4, 0.5) is 10.1 Å². The summed E-state index contributed by atoms with van der Waals surface area (Å²) < 4.78 is 16.7. The summed E-state index contributed by atoms with van der Waals surface area (Å²) in [5, 5.41) is 0. The van der Waals surface area contributed by atoms with Crippen molar-refractivity contribution in [2.45, 2.75) is 26.7 Å². The molecule has 0 N–H and O–H groups in total. The number of nitrogens with zero attached hydrogens (tertiary/aromatic N) is 3. The van der Waals surface area contributed by atoms with Crippen molar-refractivity contribution in [2.75, 3.05) is 0 Å². The molecule has 0 saturated carbocycles. The normalized spacial score (nSPS) is 12.1. The molecule has 3 rings (SSSR count). The summed E-state index contributed by atoms with van der Waals surface area (Å²) >= 11 is 0. The maximum atomic E-state index is 14.9. The highest BCUT2D eigenvalue weighted by atomic mass is 19.1. The minimum absolute atomic E-state index is 0.282. The summed E-state index contributed by atoms with van der Waals surface area (Å²) in [5.41, 5.74) is 4.33. The molecule has 2 aromatic carbocycles. The Balaban J connectivity index is 2.10. The summed E-state index contributed by atoms with van der Waals surface area (Å²) in [7, 11) is 1.86. The minimum atomic E-state index is -0.394. The van der Waals surface area contributed by atoms with E-state index in [9.17, 15) is 4.39 Å². The Kier molecular flexibility index (Phi) is 6.90. The van der Waals surface area contributed by atoms with Gasteiger partial charge in [0.05, 0.1) is 5.71 Å². The number of hydrogen-bond donors (Lipinski definition) is 0. The average Bonchev–Trinajstić information content (AvgIpc) is 2.75. The molecule has 29 heavy (non-hydrogen) atoms. The SMILES string of the molecule is CCC/C=C(\C)N=c1cc(F)c(N=C(c2ccccc2)c2ccccc2)cn1C. The first-order valence-corrected chi connectivity index (χ1v) is 9.85. The molecule has 0 aliphatic heterocycles. The number of halogens is 1. The van der Waals surface area contributed by atoms with E-state index in [4.69, 9.17) is 4.99 Å². The molecule has 3 nitrogen and oxygen atoms in total. The van der Waals surface area contributed by atoms with Crippen molar-refractivity contribution < 1.29 is 4.39 Å². The number of aromatic nitrogens is 1. The lowest BCUT2D eigenvalue weighted by Crippen LogP contribution is -2.18. The van der Waals surface area contributed by atoms with Gasteiger partial charge >= 0.3 is 0 Å². The molecule has 0 atom stereocenters. The largest absolute Gasteiger partial charge is 0.334 e. The Morgan fingerprint density at radius 1 is 1.00 bits per heavy atom. The van der Waals surface area contributed by atoms with E-state index in [0.717, 1.165) is 35.4 Å². The van der Waals surface area contributed by atoms with E-state index in [2.05, 4.69) is 18.0 Å². The van der Waals surface area contributed by atoms with Gasteiger partial charge in [0.15, 0.2) is 5.82 Å². The summed E-state index contributed by atoms with van der Waals surface area (Å²) in [6.45, 7) is 4.05. The van der Waals surface area contributed by atoms with Crippen molar-refractivity contribution in [2.24, 2.45) is 17.0 Å². The fraction of sp³-hybridized carbons (Fsp3) is 0.200. The zero-order chi connectivity index (χ0) is 20.6. The monoisotopic (exact) mass is 387 g/mol. The predicted octanol–water partition coefficient (Wildman–Crippen LogP) is 5.94. The zero-order valence-corrected chi connectivity index (χ0v) is 17.1. The van der Waals surface area contributed by atoms with E-state index >= 15 is 0 Å². The van der Waals surface area contributed by atoms with Crippen LogP contribution in [0.15, 0.2) is 94.7 Å². The number of aliphatic imine (C=N–C) groups is 1. The highest BCUT2D eigenvalue weighted by molar-refractivity contribution is 6.13. The third-order valence-corrected chi connectivity index (χ3v) is 4.52. The number of aryl methyl sites for hydroxylation is 1. The van der Waals surface area contributed by atoms with E-state index in [1.165, 1.54) is 6.07 Å². The second kappa shape index (κ2) is 9.78. The Labute approximate surface area is 171 Å². The van der Waals surface area contributed by atoms with Crippen LogP contribution in [-0.4, -0.2) is 10.3 Å². The van der Waals surface area contributed by atoms with E-state index < -0.39 is 5.82 Å². The highest BCUT2D eigenvalue weighted by Gasteiger charge is 2.10. The number of allylic oxidation sites excluding steroid dienone is 2. The Morgan fingerprint density at radius 3 is 2.14 bits per heavy atom. The van der Waals surface area contributed by atoms with Crippen molar-refractivity contribution >= 4 is 11.4 Å². The highest BCUT2D eigenvalue weighted by Crippen LogP contribution is 2.20. The van der Waals surface area contributed by atoms with Crippen molar-refractivity contribution in [3.05, 3.63) is 107 Å². The topological polar surface area (TPSA) is 29.6 Å². The molecule has 0 saturated heterocycles. The van der Waals surface area contributed by atoms with Crippen LogP contribution in [0, 0.1) is 5.82 Å². The summed E-state index contributed by atoms with van der Waals surface area (Å²) in [6, 6.07) is 21.1. The van der Waals surface area contributed by atoms with E-state index in [1.807, 2.05) is 74.6 Å². The fourth-order valence-corrected chi connectivity index (χ4v) is 2.98. The van der Waals surface area contributed by atoms with Gasteiger partial charge < -0.3 is 4.57 Å². The van der Waals surface area contributed by atoms with Gasteiger partial charge in [-0.3, -0.25) is 0 Å². The molecule has 0 bridgehead atoms. The smallest absolute Gasteiger partial charge is 0.154 e. The van der Waals surface area contributed by atoms with Gasteiger partial charge in [0.25, 0.3) is 0 Å². The molecule has 0 unspecified atom stereocenters. The van der Waals surface area contributed by atoms with Gasteiger partial charge in [-0.25, -0.2) is 14.4 Å². The predicted molar refractivity (Wildman–Crippen MR) is 118 cm³/mol. The molecule has 0 amide bonds. The van der Waals surface area contributed by atoms with Gasteiger partial charge in [-0.05, 0) is 13.3 Å². The lowest BCUT2D eigenvalue weighted by atomic mass is 10.0. The third-order valence-electron chi connectivity index (χ3n) is 4.52. The van der Waals surface area contributed by atoms with Gasteiger partial charge in [-0.1, -0.05) is 80.1 Å². The van der Waals surface area contributed by atoms with Crippen LogP contribution in [0.2, 0.25) is 0 Å². The van der Waals surface area contributed by atoms with Crippen LogP contribution in [0.25, 0.3) is 0 Å². The van der Waals surface area contributed by atoms with Crippen molar-refractivity contribution in [1.29, 1.82) is 0 Å². The molecule has 0 aliphatic rings. The first kappa shape index (κ1) is 20.5. The number of benzene rings is 2. The summed E-state index contributed by atoms with van der Waals surface area (Å²) in [5.74, 6) is -0.394. The van der Waals surface area contributed by atoms with Crippen LogP contribution in [0.1, 0.15) is 37.8 Å². The number of rotatable bonds is 6. The fourth-order valence-electron chi connectivity index (χ4n) is 2.98. The maximum absolute atomic E-state index is 14.9. The lowest BCUT2D eigenvalue weighted by Gasteiger charge is -2.09. The van der Waals surface area contributed by atoms with Crippen molar-refractivity contribution in [3.63, 3.8) is 0 Å². The number of hydrogen-bond acceptors (Lipinski definition) is 2. The molecular weight excluding hydrogens is 361 g/mol.